The van der Waals surface area contributed by atoms with Gasteiger partial charge in [0.15, 0.2) is 5.82 Å². The number of nitrogens with zero attached hydrogens (tertiary/aromatic N) is 4. The zero-order valence-electron chi connectivity index (χ0n) is 17.2. The second-order valence-electron chi connectivity index (χ2n) is 8.41. The van der Waals surface area contributed by atoms with Gasteiger partial charge in [0, 0.05) is 42.6 Å². The number of imidazole rings is 1. The number of nitrogens with one attached hydrogen (secondary N) is 1. The molecular formula is C25H23N5O. The molecule has 31 heavy (non-hydrogen) atoms. The van der Waals surface area contributed by atoms with E-state index in [2.05, 4.69) is 19.9 Å². The summed E-state index contributed by atoms with van der Waals surface area (Å²) >= 11 is 0. The fourth-order valence-electron chi connectivity index (χ4n) is 5.06. The van der Waals surface area contributed by atoms with Crippen LogP contribution in [0.25, 0.3) is 22.4 Å². The van der Waals surface area contributed by atoms with Crippen molar-refractivity contribution in [2.45, 2.75) is 44.2 Å². The maximum Gasteiger partial charge on any atom is 0.223 e. The molecule has 2 aromatic carbocycles. The van der Waals surface area contributed by atoms with Crippen LogP contribution < -0.4 is 0 Å². The smallest absolute Gasteiger partial charge is 0.223 e. The lowest BCUT2D eigenvalue weighted by Gasteiger charge is -2.35. The molecule has 1 fully saturated rings. The van der Waals surface area contributed by atoms with Crippen molar-refractivity contribution in [2.24, 2.45) is 0 Å². The molecule has 0 spiro atoms. The van der Waals surface area contributed by atoms with Crippen LogP contribution in [0, 0.1) is 0 Å². The zero-order chi connectivity index (χ0) is 20.8. The highest BCUT2D eigenvalue weighted by Gasteiger charge is 2.43. The van der Waals surface area contributed by atoms with Crippen molar-refractivity contribution in [3.8, 4) is 11.4 Å². The number of fused-ring (bicyclic) bond motifs is 5. The summed E-state index contributed by atoms with van der Waals surface area (Å²) in [4.78, 5) is 32.7. The molecule has 1 amide bonds. The summed E-state index contributed by atoms with van der Waals surface area (Å²) in [6, 6.07) is 18.4. The van der Waals surface area contributed by atoms with Crippen molar-refractivity contribution in [1.29, 1.82) is 0 Å². The minimum atomic E-state index is 0.0988. The zero-order valence-corrected chi connectivity index (χ0v) is 17.2. The Hall–Kier alpha value is -3.54. The Labute approximate surface area is 180 Å². The number of benzene rings is 2. The van der Waals surface area contributed by atoms with Crippen molar-refractivity contribution in [3.05, 3.63) is 77.9 Å². The van der Waals surface area contributed by atoms with Crippen LogP contribution in [0.3, 0.4) is 0 Å². The van der Waals surface area contributed by atoms with Gasteiger partial charge in [-0.3, -0.25) is 4.79 Å². The third-order valence-electron chi connectivity index (χ3n) is 6.52. The highest BCUT2D eigenvalue weighted by Crippen LogP contribution is 2.43. The van der Waals surface area contributed by atoms with Gasteiger partial charge in [-0.25, -0.2) is 15.0 Å². The first-order chi connectivity index (χ1) is 15.3. The van der Waals surface area contributed by atoms with Gasteiger partial charge >= 0.3 is 0 Å². The molecule has 6 rings (SSSR count). The molecule has 4 aromatic rings. The van der Waals surface area contributed by atoms with Gasteiger partial charge in [0.25, 0.3) is 0 Å². The van der Waals surface area contributed by atoms with Crippen LogP contribution in [-0.4, -0.2) is 36.8 Å². The van der Waals surface area contributed by atoms with Crippen molar-refractivity contribution in [2.75, 3.05) is 0 Å². The first-order valence-electron chi connectivity index (χ1n) is 10.9. The largest absolute Gasteiger partial charge is 0.342 e. The van der Waals surface area contributed by atoms with E-state index in [9.17, 15) is 4.79 Å². The van der Waals surface area contributed by atoms with E-state index in [0.717, 1.165) is 58.8 Å². The van der Waals surface area contributed by atoms with Crippen molar-refractivity contribution >= 4 is 16.9 Å². The Bertz CT molecular complexity index is 1230. The van der Waals surface area contributed by atoms with Crippen LogP contribution in [0.5, 0.6) is 0 Å². The molecule has 0 aliphatic carbocycles. The van der Waals surface area contributed by atoms with Crippen LogP contribution in [0.2, 0.25) is 0 Å². The van der Waals surface area contributed by atoms with Crippen LogP contribution in [0.4, 0.5) is 0 Å². The van der Waals surface area contributed by atoms with E-state index >= 15 is 0 Å². The highest BCUT2D eigenvalue weighted by molar-refractivity contribution is 5.79. The van der Waals surface area contributed by atoms with Crippen LogP contribution in [0.1, 0.15) is 42.4 Å². The number of para-hydroxylation sites is 2. The molecular weight excluding hydrogens is 386 g/mol. The summed E-state index contributed by atoms with van der Waals surface area (Å²) in [5.41, 5.74) is 5.21. The van der Waals surface area contributed by atoms with E-state index in [1.807, 2.05) is 60.8 Å². The molecule has 0 radical (unpaired) electrons. The first-order valence-corrected chi connectivity index (χ1v) is 10.9. The Morgan fingerprint density at radius 3 is 2.74 bits per heavy atom. The Balaban J connectivity index is 1.21. The molecule has 4 heterocycles. The SMILES string of the molecule is O=C(CCc1nc2ccccc2[nH]1)N1C2CCC1c1cnc(-c3ccccc3)nc1C2. The molecule has 1 N–H and O–H groups in total. The summed E-state index contributed by atoms with van der Waals surface area (Å²) in [7, 11) is 0. The lowest BCUT2D eigenvalue weighted by atomic mass is 9.98. The number of hydrogen-bond donors (Lipinski definition) is 1. The molecule has 154 valence electrons. The Morgan fingerprint density at radius 1 is 1.03 bits per heavy atom. The second kappa shape index (κ2) is 7.30. The fraction of sp³-hybridized carbons (Fsp3) is 0.280. The highest BCUT2D eigenvalue weighted by atomic mass is 16.2. The second-order valence-corrected chi connectivity index (χ2v) is 8.41. The predicted molar refractivity (Wildman–Crippen MR) is 118 cm³/mol. The van der Waals surface area contributed by atoms with Crippen molar-refractivity contribution in [3.63, 3.8) is 0 Å². The van der Waals surface area contributed by atoms with Crippen LogP contribution in [-0.2, 0) is 17.6 Å². The quantitative estimate of drug-likeness (QED) is 0.547. The number of aryl methyl sites for hydroxylation is 1. The lowest BCUT2D eigenvalue weighted by Crippen LogP contribution is -2.42. The monoisotopic (exact) mass is 409 g/mol. The standard InChI is InChI=1S/C25H23N5O/c31-24(13-12-23-27-19-8-4-5-9-20(19)28-23)30-17-10-11-22(30)18-15-26-25(29-21(18)14-17)16-6-2-1-3-7-16/h1-9,15,17,22H,10-14H2,(H,27,28). The molecule has 1 saturated heterocycles. The summed E-state index contributed by atoms with van der Waals surface area (Å²) < 4.78 is 0. The molecule has 2 atom stereocenters. The van der Waals surface area contributed by atoms with E-state index < -0.39 is 0 Å². The summed E-state index contributed by atoms with van der Waals surface area (Å²) in [5.74, 6) is 1.84. The average Bonchev–Trinajstić information content (AvgIpc) is 3.37. The minimum absolute atomic E-state index is 0.0988. The van der Waals surface area contributed by atoms with Gasteiger partial charge < -0.3 is 9.88 Å². The number of aromatic nitrogens is 4. The predicted octanol–water partition coefficient (Wildman–Crippen LogP) is 4.24. The molecule has 6 heteroatoms. The molecule has 2 aliphatic rings. The van der Waals surface area contributed by atoms with E-state index in [1.165, 1.54) is 0 Å². The summed E-state index contributed by atoms with van der Waals surface area (Å²) in [5, 5.41) is 0. The normalized spacial score (nSPS) is 19.5. The number of rotatable bonds is 4. The number of carbonyl (C=O) groups excluding carboxylic acids is 1. The van der Waals surface area contributed by atoms with Gasteiger partial charge in [-0.2, -0.15) is 0 Å². The molecule has 2 unspecified atom stereocenters. The minimum Gasteiger partial charge on any atom is -0.342 e. The number of carbonyl (C=O) groups is 1. The fourth-order valence-corrected chi connectivity index (χ4v) is 5.06. The van der Waals surface area contributed by atoms with Crippen molar-refractivity contribution in [1.82, 2.24) is 24.8 Å². The van der Waals surface area contributed by atoms with Gasteiger partial charge in [-0.15, -0.1) is 0 Å². The van der Waals surface area contributed by atoms with E-state index in [-0.39, 0.29) is 18.0 Å². The summed E-state index contributed by atoms with van der Waals surface area (Å²) in [6.45, 7) is 0. The number of H-pyrrole nitrogens is 1. The van der Waals surface area contributed by atoms with Gasteiger partial charge in [0.05, 0.1) is 22.8 Å². The Kier molecular flexibility index (Phi) is 4.30. The van der Waals surface area contributed by atoms with Gasteiger partial charge in [0.1, 0.15) is 5.82 Å². The van der Waals surface area contributed by atoms with Gasteiger partial charge in [-0.1, -0.05) is 42.5 Å². The lowest BCUT2D eigenvalue weighted by molar-refractivity contribution is -0.134. The molecule has 2 aromatic heterocycles. The van der Waals surface area contributed by atoms with E-state index in [0.29, 0.717) is 12.8 Å². The molecule has 2 bridgehead atoms. The number of aromatic amines is 1. The third kappa shape index (κ3) is 3.19. The number of hydrogen-bond acceptors (Lipinski definition) is 4. The number of amides is 1. The third-order valence-corrected chi connectivity index (χ3v) is 6.52. The average molecular weight is 409 g/mol. The van der Waals surface area contributed by atoms with Gasteiger partial charge in [0.2, 0.25) is 5.91 Å². The topological polar surface area (TPSA) is 74.8 Å². The molecule has 6 nitrogen and oxygen atoms in total. The van der Waals surface area contributed by atoms with Gasteiger partial charge in [-0.05, 0) is 25.0 Å². The van der Waals surface area contributed by atoms with Crippen molar-refractivity contribution < 1.29 is 4.79 Å². The van der Waals surface area contributed by atoms with Crippen LogP contribution in [0.15, 0.2) is 60.8 Å². The Morgan fingerprint density at radius 2 is 1.87 bits per heavy atom. The first kappa shape index (κ1) is 18.2. The van der Waals surface area contributed by atoms with Crippen LogP contribution >= 0.6 is 0 Å². The summed E-state index contributed by atoms with van der Waals surface area (Å²) in [6.07, 6.45) is 5.85. The van der Waals surface area contributed by atoms with E-state index in [1.54, 1.807) is 0 Å². The molecule has 2 aliphatic heterocycles. The molecule has 0 saturated carbocycles. The van der Waals surface area contributed by atoms with E-state index in [4.69, 9.17) is 4.98 Å². The maximum atomic E-state index is 13.2. The maximum absolute atomic E-state index is 13.2.